The van der Waals surface area contributed by atoms with E-state index in [4.69, 9.17) is 20.0 Å². The van der Waals surface area contributed by atoms with Crippen molar-refractivity contribution < 1.29 is 33.5 Å². The summed E-state index contributed by atoms with van der Waals surface area (Å²) >= 11 is 3.91. The highest BCUT2D eigenvalue weighted by Gasteiger charge is 2.54. The molecule has 0 aliphatic carbocycles. The van der Waals surface area contributed by atoms with Crippen LogP contribution in [0.4, 0.5) is 5.13 Å². The van der Waals surface area contributed by atoms with Crippen LogP contribution in [-0.4, -0.2) is 75.4 Å². The van der Waals surface area contributed by atoms with Crippen molar-refractivity contribution in [3.8, 4) is 0 Å². The number of aryl methyl sites for hydroxylation is 1. The van der Waals surface area contributed by atoms with Gasteiger partial charge >= 0.3 is 11.9 Å². The second-order valence-electron chi connectivity index (χ2n) is 8.52. The van der Waals surface area contributed by atoms with Crippen molar-refractivity contribution in [1.29, 1.82) is 0 Å². The number of hydrogen-bond acceptors (Lipinski definition) is 14. The number of carbonyl (C=O) groups excluding carboxylic acids is 4. The largest absolute Gasteiger partial charge is 0.424 e. The molecule has 2 amide bonds. The lowest BCUT2D eigenvalue weighted by Crippen LogP contribution is -2.71. The summed E-state index contributed by atoms with van der Waals surface area (Å²) in [4.78, 5) is 66.8. The summed E-state index contributed by atoms with van der Waals surface area (Å²) in [6.45, 7) is 4.47. The van der Waals surface area contributed by atoms with Crippen LogP contribution in [0.25, 0.3) is 6.08 Å². The number of hydrogen-bond donors (Lipinski definition) is 2. The lowest BCUT2D eigenvalue weighted by molar-refractivity contribution is -0.165. The normalized spacial score (nSPS) is 19.1. The Morgan fingerprint density at radius 3 is 2.68 bits per heavy atom. The Kier molecular flexibility index (Phi) is 9.57. The number of nitrogen functional groups attached to an aromatic ring is 1. The van der Waals surface area contributed by atoms with Gasteiger partial charge in [0.05, 0.1) is 11.2 Å². The predicted molar refractivity (Wildman–Crippen MR) is 154 cm³/mol. The molecule has 16 heteroatoms. The minimum absolute atomic E-state index is 0.000436. The van der Waals surface area contributed by atoms with Crippen LogP contribution in [0.2, 0.25) is 0 Å². The number of oxime groups is 1. The summed E-state index contributed by atoms with van der Waals surface area (Å²) in [5, 5.41) is 7.58. The van der Waals surface area contributed by atoms with Gasteiger partial charge in [0.1, 0.15) is 29.9 Å². The fourth-order valence-electron chi connectivity index (χ4n) is 3.75. The summed E-state index contributed by atoms with van der Waals surface area (Å²) < 4.78 is 10.2. The minimum Gasteiger partial charge on any atom is -0.424 e. The Morgan fingerprint density at radius 2 is 2.05 bits per heavy atom. The van der Waals surface area contributed by atoms with Crippen molar-refractivity contribution in [2.45, 2.75) is 32.2 Å². The number of nitrogens with one attached hydrogen (secondary N) is 1. The molecule has 0 bridgehead atoms. The van der Waals surface area contributed by atoms with Gasteiger partial charge < -0.3 is 25.4 Å². The molecule has 2 aromatic heterocycles. The number of ether oxygens (including phenoxy) is 2. The Morgan fingerprint density at radius 1 is 1.27 bits per heavy atom. The number of amides is 2. The van der Waals surface area contributed by atoms with Crippen LogP contribution in [0.3, 0.4) is 0 Å². The standard InChI is InChI=1S/C25H26N6O7S3/c1-5-12(2)23(34)37-11-38-24(35)19-14(6-7-16-13(3)27-10-41-16)8-39-22-18(21(33)31(19)22)29-20(32)17(30-36-4)15-9-40-25(26)28-15/h5-7,9-10,18,22H,8,11H2,1-4H3,(H2,26,28)(H,29,32)/b7-6-,12-5-,30-17-. The first-order valence-electron chi connectivity index (χ1n) is 12.0. The molecule has 2 unspecified atom stereocenters. The van der Waals surface area contributed by atoms with E-state index in [0.717, 1.165) is 21.9 Å². The molecule has 1 saturated heterocycles. The molecule has 2 aliphatic rings. The number of thioether (sulfide) groups is 1. The van der Waals surface area contributed by atoms with Crippen LogP contribution in [0, 0.1) is 6.92 Å². The first kappa shape index (κ1) is 30.0. The van der Waals surface area contributed by atoms with E-state index in [1.165, 1.54) is 35.1 Å². The zero-order valence-electron chi connectivity index (χ0n) is 22.4. The monoisotopic (exact) mass is 618 g/mol. The van der Waals surface area contributed by atoms with Crippen molar-refractivity contribution in [2.75, 3.05) is 25.4 Å². The van der Waals surface area contributed by atoms with E-state index in [1.54, 1.807) is 36.9 Å². The average Bonchev–Trinajstić information content (AvgIpc) is 3.59. The number of rotatable bonds is 10. The van der Waals surface area contributed by atoms with Crippen LogP contribution < -0.4 is 11.1 Å². The molecule has 2 aliphatic heterocycles. The summed E-state index contributed by atoms with van der Waals surface area (Å²) in [6, 6.07) is -0.960. The molecular weight excluding hydrogens is 593 g/mol. The number of allylic oxidation sites excluding steroid dienone is 2. The number of esters is 2. The Balaban J connectivity index is 1.55. The molecular formula is C25H26N6O7S3. The van der Waals surface area contributed by atoms with Crippen LogP contribution >= 0.6 is 34.4 Å². The van der Waals surface area contributed by atoms with Crippen LogP contribution in [0.1, 0.15) is 30.1 Å². The maximum absolute atomic E-state index is 13.3. The van der Waals surface area contributed by atoms with Gasteiger partial charge in [-0.2, -0.15) is 0 Å². The van der Waals surface area contributed by atoms with Gasteiger partial charge in [-0.25, -0.2) is 19.6 Å². The molecule has 3 N–H and O–H groups in total. The Labute approximate surface area is 247 Å². The number of carbonyl (C=O) groups is 4. The molecule has 4 heterocycles. The molecule has 2 atom stereocenters. The summed E-state index contributed by atoms with van der Waals surface area (Å²) in [7, 11) is 1.28. The zero-order valence-corrected chi connectivity index (χ0v) is 24.9. The van der Waals surface area contributed by atoms with E-state index in [9.17, 15) is 19.2 Å². The summed E-state index contributed by atoms with van der Waals surface area (Å²) in [5.41, 5.74) is 9.14. The van der Waals surface area contributed by atoms with E-state index in [0.29, 0.717) is 16.9 Å². The van der Waals surface area contributed by atoms with Crippen LogP contribution in [0.5, 0.6) is 0 Å². The van der Waals surface area contributed by atoms with E-state index in [1.807, 2.05) is 13.0 Å². The number of anilines is 1. The first-order chi connectivity index (χ1) is 19.7. The van der Waals surface area contributed by atoms with Gasteiger partial charge in [0.25, 0.3) is 11.8 Å². The van der Waals surface area contributed by atoms with Gasteiger partial charge in [0.2, 0.25) is 6.79 Å². The van der Waals surface area contributed by atoms with E-state index in [-0.39, 0.29) is 22.2 Å². The Hall–Kier alpha value is -4.02. The van der Waals surface area contributed by atoms with Crippen molar-refractivity contribution in [1.82, 2.24) is 20.2 Å². The molecule has 0 saturated carbocycles. The van der Waals surface area contributed by atoms with Crippen molar-refractivity contribution in [3.05, 3.63) is 56.2 Å². The minimum atomic E-state index is -0.960. The molecule has 13 nitrogen and oxygen atoms in total. The maximum Gasteiger partial charge on any atom is 0.358 e. The van der Waals surface area contributed by atoms with Crippen LogP contribution in [0.15, 0.2) is 45.0 Å². The number of nitrogens with zero attached hydrogens (tertiary/aromatic N) is 4. The van der Waals surface area contributed by atoms with Gasteiger partial charge in [0, 0.05) is 21.6 Å². The molecule has 2 aromatic rings. The third kappa shape index (κ3) is 6.49. The van der Waals surface area contributed by atoms with E-state index < -0.39 is 42.0 Å². The number of β-lactam (4-membered cyclic amide) rings is 1. The fraction of sp³-hybridized carbons (Fsp3) is 0.320. The molecule has 0 radical (unpaired) electrons. The molecule has 0 spiro atoms. The van der Waals surface area contributed by atoms with Gasteiger partial charge in [0.15, 0.2) is 10.8 Å². The quantitative estimate of drug-likeness (QED) is 0.0997. The zero-order chi connectivity index (χ0) is 29.7. The highest BCUT2D eigenvalue weighted by Crippen LogP contribution is 2.41. The van der Waals surface area contributed by atoms with Gasteiger partial charge in [-0.1, -0.05) is 17.3 Å². The number of nitrogens with two attached hydrogens (primary N) is 1. The molecule has 41 heavy (non-hydrogen) atoms. The van der Waals surface area contributed by atoms with Gasteiger partial charge in [-0.15, -0.1) is 34.4 Å². The van der Waals surface area contributed by atoms with Crippen molar-refractivity contribution in [3.63, 3.8) is 0 Å². The number of aromatic nitrogens is 2. The van der Waals surface area contributed by atoms with E-state index >= 15 is 0 Å². The van der Waals surface area contributed by atoms with E-state index in [2.05, 4.69) is 20.4 Å². The maximum atomic E-state index is 13.3. The second kappa shape index (κ2) is 13.1. The fourth-order valence-corrected chi connectivity index (χ4v) is 6.31. The SMILES string of the molecule is C/C=C(/C)C(=O)OCOC(=O)C1=C(/C=C\c2scnc2C)CSC2C(NC(=O)/C(=N\OC)c3csc(N)n3)C(=O)N12. The van der Waals surface area contributed by atoms with Crippen molar-refractivity contribution in [2.24, 2.45) is 5.16 Å². The third-order valence-electron chi connectivity index (χ3n) is 5.99. The highest BCUT2D eigenvalue weighted by molar-refractivity contribution is 8.00. The first-order valence-corrected chi connectivity index (χ1v) is 14.8. The molecule has 0 aromatic carbocycles. The lowest BCUT2D eigenvalue weighted by atomic mass is 10.0. The van der Waals surface area contributed by atoms with Gasteiger partial charge in [-0.05, 0) is 32.4 Å². The topological polar surface area (TPSA) is 175 Å². The third-order valence-corrected chi connectivity index (χ3v) is 8.87. The number of thiazole rings is 2. The summed E-state index contributed by atoms with van der Waals surface area (Å²) in [5.74, 6) is -2.37. The molecule has 1 fully saturated rings. The smallest absolute Gasteiger partial charge is 0.358 e. The lowest BCUT2D eigenvalue weighted by Gasteiger charge is -2.49. The van der Waals surface area contributed by atoms with Crippen molar-refractivity contribution >= 4 is 75.1 Å². The summed E-state index contributed by atoms with van der Waals surface area (Å²) in [6.07, 6.45) is 5.10. The predicted octanol–water partition coefficient (Wildman–Crippen LogP) is 2.22. The van der Waals surface area contributed by atoms with Gasteiger partial charge in [-0.3, -0.25) is 14.5 Å². The number of fused-ring (bicyclic) bond motifs is 1. The highest BCUT2D eigenvalue weighted by atomic mass is 32.2. The van der Waals surface area contributed by atoms with Crippen LogP contribution in [-0.2, 0) is 33.5 Å². The molecule has 216 valence electrons. The molecule has 4 rings (SSSR count). The Bertz CT molecular complexity index is 1490. The average molecular weight is 619 g/mol. The second-order valence-corrected chi connectivity index (χ2v) is 11.4.